The number of hydrogen-bond acceptors (Lipinski definition) is 11. The van der Waals surface area contributed by atoms with Gasteiger partial charge in [0.25, 0.3) is 0 Å². The number of aliphatic hydroxyl groups excluding tert-OH is 2. The number of unbranched alkanes of at least 4 members (excludes halogenated alkanes) is 1. The van der Waals surface area contributed by atoms with Crippen LogP contribution in [0.4, 0.5) is 0 Å². The lowest BCUT2D eigenvalue weighted by molar-refractivity contribution is -0.142. The van der Waals surface area contributed by atoms with Crippen molar-refractivity contribution in [1.82, 2.24) is 36.9 Å². The third kappa shape index (κ3) is 13.3. The number of benzene rings is 1. The van der Waals surface area contributed by atoms with Gasteiger partial charge in [-0.15, -0.1) is 0 Å². The van der Waals surface area contributed by atoms with Crippen LogP contribution in [0.15, 0.2) is 30.5 Å². The lowest BCUT2D eigenvalue weighted by Crippen LogP contribution is -2.61. The Labute approximate surface area is 294 Å². The second-order valence-corrected chi connectivity index (χ2v) is 12.0. The minimum atomic E-state index is -1.65. The van der Waals surface area contributed by atoms with Gasteiger partial charge in [-0.2, -0.15) is 0 Å². The molecule has 7 atom stereocenters. The standard InChI is InChI=1S/C32H49N9O10/c1-16(37-30(48)26(17(2)42)40-25(45)15-36-24(44)13-34)28(46)41-27(18(3)43)31(49)39-23(12-19-14-35-21-9-5-4-8-20(19)21)29(47)38-22(32(50)51)10-6-7-11-33/h4-5,8-9,14,16-18,22-23,26-27,35,42-43H,6-7,10-13,15,33-34H2,1-3H3,(H,36,44)(H,37,48)(H,38,47)(H,39,49)(H,40,45)(H,41,46)(H,50,51)/t16-,17+,18+,22-,23-,26-,27-/m0/s1. The monoisotopic (exact) mass is 719 g/mol. The fraction of sp³-hybridized carbons (Fsp3) is 0.531. The molecule has 1 heterocycles. The number of aliphatic carboxylic acids is 1. The van der Waals surface area contributed by atoms with Gasteiger partial charge in [0.2, 0.25) is 35.4 Å². The molecule has 0 aliphatic carbocycles. The van der Waals surface area contributed by atoms with Gasteiger partial charge in [-0.05, 0) is 58.2 Å². The van der Waals surface area contributed by atoms with Gasteiger partial charge in [0.05, 0.1) is 25.3 Å². The highest BCUT2D eigenvalue weighted by atomic mass is 16.4. The van der Waals surface area contributed by atoms with Crippen LogP contribution in [0.5, 0.6) is 0 Å². The van der Waals surface area contributed by atoms with Gasteiger partial charge in [-0.3, -0.25) is 28.8 Å². The number of aromatic nitrogens is 1. The normalized spacial score (nSPS) is 15.2. The van der Waals surface area contributed by atoms with Crippen molar-refractivity contribution >= 4 is 52.3 Å². The van der Waals surface area contributed by atoms with Crippen LogP contribution in [-0.4, -0.2) is 124 Å². The van der Waals surface area contributed by atoms with Gasteiger partial charge in [-0.1, -0.05) is 18.2 Å². The fourth-order valence-corrected chi connectivity index (χ4v) is 4.95. The Kier molecular flexibility index (Phi) is 16.9. The van der Waals surface area contributed by atoms with Crippen molar-refractivity contribution in [3.63, 3.8) is 0 Å². The molecule has 282 valence electrons. The summed E-state index contributed by atoms with van der Waals surface area (Å²) in [7, 11) is 0. The van der Waals surface area contributed by atoms with Crippen molar-refractivity contribution in [2.24, 2.45) is 11.5 Å². The highest BCUT2D eigenvalue weighted by Crippen LogP contribution is 2.19. The first-order valence-corrected chi connectivity index (χ1v) is 16.4. The number of carboxylic acid groups (broad SMARTS) is 1. The highest BCUT2D eigenvalue weighted by Gasteiger charge is 2.34. The summed E-state index contributed by atoms with van der Waals surface area (Å²) in [5.41, 5.74) is 12.1. The Morgan fingerprint density at radius 3 is 1.96 bits per heavy atom. The fourth-order valence-electron chi connectivity index (χ4n) is 4.95. The van der Waals surface area contributed by atoms with Crippen LogP contribution in [0, 0.1) is 0 Å². The van der Waals surface area contributed by atoms with Crippen molar-refractivity contribution in [2.75, 3.05) is 19.6 Å². The molecule has 19 heteroatoms. The molecule has 51 heavy (non-hydrogen) atoms. The van der Waals surface area contributed by atoms with Crippen molar-refractivity contribution in [3.8, 4) is 0 Å². The molecule has 1 aromatic heterocycles. The Hall–Kier alpha value is -5.11. The number of aromatic amines is 1. The zero-order valence-electron chi connectivity index (χ0n) is 28.7. The Morgan fingerprint density at radius 1 is 0.745 bits per heavy atom. The lowest BCUT2D eigenvalue weighted by Gasteiger charge is -2.27. The van der Waals surface area contributed by atoms with E-state index < -0.39 is 90.4 Å². The van der Waals surface area contributed by atoms with Crippen LogP contribution < -0.4 is 43.4 Å². The van der Waals surface area contributed by atoms with E-state index in [2.05, 4.69) is 36.9 Å². The third-order valence-electron chi connectivity index (χ3n) is 7.82. The Balaban J connectivity index is 2.21. The van der Waals surface area contributed by atoms with Gasteiger partial charge < -0.3 is 63.7 Å². The van der Waals surface area contributed by atoms with Crippen LogP contribution in [0.1, 0.15) is 45.6 Å². The molecule has 0 saturated heterocycles. The smallest absolute Gasteiger partial charge is 0.326 e. The first-order chi connectivity index (χ1) is 24.1. The minimum absolute atomic E-state index is 0.0897. The highest BCUT2D eigenvalue weighted by molar-refractivity contribution is 5.97. The van der Waals surface area contributed by atoms with E-state index in [0.29, 0.717) is 24.9 Å². The molecular weight excluding hydrogens is 670 g/mol. The summed E-state index contributed by atoms with van der Waals surface area (Å²) in [5, 5.41) is 45.1. The first kappa shape index (κ1) is 42.1. The van der Waals surface area contributed by atoms with E-state index in [-0.39, 0.29) is 19.4 Å². The van der Waals surface area contributed by atoms with E-state index in [0.717, 1.165) is 10.9 Å². The number of nitrogens with two attached hydrogens (primary N) is 2. The molecule has 0 radical (unpaired) electrons. The van der Waals surface area contributed by atoms with E-state index in [4.69, 9.17) is 11.5 Å². The van der Waals surface area contributed by atoms with Gasteiger partial charge >= 0.3 is 5.97 Å². The molecule has 0 saturated carbocycles. The summed E-state index contributed by atoms with van der Waals surface area (Å²) in [5.74, 6) is -6.45. The molecule has 6 amide bonds. The SMILES string of the molecule is C[C@H](NC(=O)[C@@H](NC(=O)CNC(=O)CN)[C@@H](C)O)C(=O)N[C@H](C(=O)N[C@@H](Cc1c[nH]c2ccccc12)C(=O)N[C@@H](CCCCN)C(=O)O)[C@@H](C)O. The van der Waals surface area contributed by atoms with E-state index in [1.165, 1.54) is 20.8 Å². The van der Waals surface area contributed by atoms with Crippen LogP contribution in [-0.2, 0) is 40.0 Å². The number of H-pyrrole nitrogens is 1. The zero-order valence-corrected chi connectivity index (χ0v) is 28.7. The summed E-state index contributed by atoms with van der Waals surface area (Å²) in [4.78, 5) is 91.5. The average molecular weight is 720 g/mol. The molecule has 0 fully saturated rings. The zero-order chi connectivity index (χ0) is 38.2. The molecule has 0 unspecified atom stereocenters. The minimum Gasteiger partial charge on any atom is -0.480 e. The molecule has 0 bridgehead atoms. The molecule has 2 rings (SSSR count). The van der Waals surface area contributed by atoms with Crippen molar-refractivity contribution in [1.29, 1.82) is 0 Å². The number of nitrogens with one attached hydrogen (secondary N) is 7. The van der Waals surface area contributed by atoms with Crippen LogP contribution in [0.3, 0.4) is 0 Å². The quantitative estimate of drug-likeness (QED) is 0.0553. The number of aliphatic hydroxyl groups is 2. The molecule has 19 nitrogen and oxygen atoms in total. The van der Waals surface area contributed by atoms with E-state index in [1.54, 1.807) is 24.4 Å². The molecular formula is C32H49N9O10. The summed E-state index contributed by atoms with van der Waals surface area (Å²) in [6, 6.07) is 0.0212. The number of carbonyl (C=O) groups is 7. The lowest BCUT2D eigenvalue weighted by atomic mass is 10.0. The number of fused-ring (bicyclic) bond motifs is 1. The van der Waals surface area contributed by atoms with Crippen molar-refractivity contribution in [2.45, 2.75) is 88.9 Å². The van der Waals surface area contributed by atoms with Gasteiger partial charge in [0.15, 0.2) is 0 Å². The second-order valence-electron chi connectivity index (χ2n) is 12.0. The van der Waals surface area contributed by atoms with Gasteiger partial charge in [0, 0.05) is 23.5 Å². The van der Waals surface area contributed by atoms with Gasteiger partial charge in [-0.25, -0.2) is 4.79 Å². The van der Waals surface area contributed by atoms with Crippen molar-refractivity contribution < 1.29 is 48.9 Å². The van der Waals surface area contributed by atoms with Crippen LogP contribution in [0.2, 0.25) is 0 Å². The summed E-state index contributed by atoms with van der Waals surface area (Å²) >= 11 is 0. The Morgan fingerprint density at radius 2 is 1.35 bits per heavy atom. The maximum atomic E-state index is 13.5. The van der Waals surface area contributed by atoms with Crippen LogP contribution >= 0.6 is 0 Å². The van der Waals surface area contributed by atoms with Crippen LogP contribution in [0.25, 0.3) is 10.9 Å². The van der Waals surface area contributed by atoms with E-state index in [9.17, 15) is 48.9 Å². The molecule has 14 N–H and O–H groups in total. The number of carbonyl (C=O) groups excluding carboxylic acids is 6. The summed E-state index contributed by atoms with van der Waals surface area (Å²) in [6.45, 7) is 3.11. The molecule has 0 aliphatic rings. The molecule has 0 aliphatic heterocycles. The topological polar surface area (TPSA) is 320 Å². The third-order valence-corrected chi connectivity index (χ3v) is 7.82. The number of rotatable bonds is 21. The number of amides is 6. The largest absolute Gasteiger partial charge is 0.480 e. The maximum absolute atomic E-state index is 13.5. The maximum Gasteiger partial charge on any atom is 0.326 e. The Bertz CT molecular complexity index is 1530. The average Bonchev–Trinajstić information content (AvgIpc) is 3.49. The number of para-hydroxylation sites is 1. The predicted molar refractivity (Wildman–Crippen MR) is 183 cm³/mol. The number of carboxylic acids is 1. The van der Waals surface area contributed by atoms with Crippen molar-refractivity contribution in [3.05, 3.63) is 36.0 Å². The second kappa shape index (κ2) is 20.5. The number of hydrogen-bond donors (Lipinski definition) is 12. The molecule has 0 spiro atoms. The first-order valence-electron chi connectivity index (χ1n) is 16.4. The predicted octanol–water partition coefficient (Wildman–Crippen LogP) is -3.80. The molecule has 1 aromatic carbocycles. The summed E-state index contributed by atoms with van der Waals surface area (Å²) < 4.78 is 0. The molecule has 2 aromatic rings. The van der Waals surface area contributed by atoms with E-state index >= 15 is 0 Å². The van der Waals surface area contributed by atoms with Gasteiger partial charge in [0.1, 0.15) is 30.2 Å². The summed E-state index contributed by atoms with van der Waals surface area (Å²) in [6.07, 6.45) is -0.331. The van der Waals surface area contributed by atoms with E-state index in [1.807, 2.05) is 6.07 Å².